The Morgan fingerprint density at radius 3 is 2.58 bits per heavy atom. The first-order chi connectivity index (χ1) is 15.4. The number of pyridine rings is 1. The minimum atomic E-state index is -4.21. The molecular formula is C22H25F3N4O3S. The van der Waals surface area contributed by atoms with Crippen LogP contribution in [0.1, 0.15) is 49.9 Å². The summed E-state index contributed by atoms with van der Waals surface area (Å²) in [5, 5.41) is 14.0. The number of hydrogen-bond donors (Lipinski definition) is 1. The van der Waals surface area contributed by atoms with Gasteiger partial charge in [-0.1, -0.05) is 0 Å². The topological polar surface area (TPSA) is 80.5 Å². The third-order valence-corrected chi connectivity index (χ3v) is 8.29. The summed E-state index contributed by atoms with van der Waals surface area (Å²) in [5.74, 6) is 1.03. The maximum Gasteiger partial charge on any atom is 0.394 e. The fraction of sp³-hybridized carbons (Fsp3) is 0.591. The molecular weight excluding hydrogens is 457 g/mol. The molecule has 0 radical (unpaired) electrons. The summed E-state index contributed by atoms with van der Waals surface area (Å²) in [6.07, 6.45) is -1.46. The molecule has 0 aromatic carbocycles. The Bertz CT molecular complexity index is 1090. The lowest BCUT2D eigenvalue weighted by molar-refractivity contribution is -0.190. The summed E-state index contributed by atoms with van der Waals surface area (Å²) in [6, 6.07) is 4.65. The lowest BCUT2D eigenvalue weighted by Crippen LogP contribution is -2.40. The number of hydrogen-bond acceptors (Lipinski definition) is 6. The monoisotopic (exact) mass is 482 g/mol. The summed E-state index contributed by atoms with van der Waals surface area (Å²) in [6.45, 7) is 4.84. The highest BCUT2D eigenvalue weighted by atomic mass is 32.2. The Morgan fingerprint density at radius 1 is 1.27 bits per heavy atom. The zero-order valence-electron chi connectivity index (χ0n) is 18.4. The number of aromatic nitrogens is 3. The van der Waals surface area contributed by atoms with Gasteiger partial charge in [0.15, 0.2) is 5.82 Å². The summed E-state index contributed by atoms with van der Waals surface area (Å²) in [4.78, 5) is 18.6. The maximum absolute atomic E-state index is 13.1. The third kappa shape index (κ3) is 4.04. The van der Waals surface area contributed by atoms with Gasteiger partial charge in [0.2, 0.25) is 5.88 Å². The van der Waals surface area contributed by atoms with Crippen LogP contribution in [0.15, 0.2) is 24.4 Å². The predicted molar refractivity (Wildman–Crippen MR) is 117 cm³/mol. The number of halogens is 3. The van der Waals surface area contributed by atoms with Crippen LogP contribution in [0.4, 0.5) is 19.0 Å². The quantitative estimate of drug-likeness (QED) is 0.580. The van der Waals surface area contributed by atoms with Crippen LogP contribution in [-0.4, -0.2) is 61.2 Å². The average molecular weight is 483 g/mol. The van der Waals surface area contributed by atoms with Crippen molar-refractivity contribution in [1.82, 2.24) is 14.8 Å². The molecule has 0 bridgehead atoms. The first kappa shape index (κ1) is 22.4. The molecule has 1 atom stereocenters. The molecule has 1 unspecified atom stereocenters. The number of thioether (sulfide) groups is 1. The van der Waals surface area contributed by atoms with Crippen molar-refractivity contribution in [1.29, 1.82) is 0 Å². The molecule has 3 aliphatic rings. The fourth-order valence-electron chi connectivity index (χ4n) is 4.73. The van der Waals surface area contributed by atoms with Crippen molar-refractivity contribution in [2.24, 2.45) is 5.41 Å². The van der Waals surface area contributed by atoms with E-state index in [9.17, 15) is 23.1 Å². The van der Waals surface area contributed by atoms with Crippen LogP contribution in [0.2, 0.25) is 0 Å². The van der Waals surface area contributed by atoms with E-state index in [2.05, 4.69) is 28.8 Å². The van der Waals surface area contributed by atoms with Crippen LogP contribution in [-0.2, 0) is 0 Å². The lowest BCUT2D eigenvalue weighted by Gasteiger charge is -2.33. The van der Waals surface area contributed by atoms with E-state index in [1.165, 1.54) is 10.7 Å². The molecule has 5 rings (SSSR count). The highest BCUT2D eigenvalue weighted by molar-refractivity contribution is 8.08. The molecule has 2 aliphatic heterocycles. The van der Waals surface area contributed by atoms with Gasteiger partial charge in [0.1, 0.15) is 11.4 Å². The van der Waals surface area contributed by atoms with E-state index in [4.69, 9.17) is 4.74 Å². The molecule has 2 saturated heterocycles. The molecule has 0 amide bonds. The predicted octanol–water partition coefficient (Wildman–Crippen LogP) is 4.55. The Balaban J connectivity index is 1.35. The second-order valence-corrected chi connectivity index (χ2v) is 11.3. The van der Waals surface area contributed by atoms with E-state index >= 15 is 0 Å². The molecule has 11 heteroatoms. The first-order valence-corrected chi connectivity index (χ1v) is 11.8. The first-order valence-electron chi connectivity index (χ1n) is 10.9. The summed E-state index contributed by atoms with van der Waals surface area (Å²) in [7, 11) is 0. The van der Waals surface area contributed by atoms with E-state index in [-0.39, 0.29) is 47.6 Å². The Morgan fingerprint density at radius 2 is 2.00 bits per heavy atom. The maximum atomic E-state index is 13.1. The fourth-order valence-corrected chi connectivity index (χ4v) is 5.80. The molecule has 4 heterocycles. The zero-order chi connectivity index (χ0) is 23.6. The second-order valence-electron chi connectivity index (χ2n) is 9.87. The van der Waals surface area contributed by atoms with Crippen molar-refractivity contribution >= 4 is 23.5 Å². The summed E-state index contributed by atoms with van der Waals surface area (Å²) in [5.41, 5.74) is -1.73. The molecule has 1 N–H and O–H groups in total. The van der Waals surface area contributed by atoms with Gasteiger partial charge in [-0.2, -0.15) is 24.9 Å². The number of aromatic carboxylic acids is 1. The highest BCUT2D eigenvalue weighted by Gasteiger charge is 2.62. The van der Waals surface area contributed by atoms with Gasteiger partial charge in [0.25, 0.3) is 0 Å². The van der Waals surface area contributed by atoms with Crippen molar-refractivity contribution in [2.75, 3.05) is 23.8 Å². The molecule has 1 spiro atoms. The van der Waals surface area contributed by atoms with Crippen molar-refractivity contribution in [2.45, 2.75) is 56.0 Å². The number of carboxylic acid groups (broad SMARTS) is 1. The van der Waals surface area contributed by atoms with Crippen LogP contribution in [0, 0.1) is 5.41 Å². The average Bonchev–Trinajstić information content (AvgIpc) is 3.60. The van der Waals surface area contributed by atoms with Gasteiger partial charge < -0.3 is 14.7 Å². The second kappa shape index (κ2) is 7.28. The van der Waals surface area contributed by atoms with Crippen molar-refractivity contribution in [3.63, 3.8) is 0 Å². The molecule has 33 heavy (non-hydrogen) atoms. The number of carbonyl (C=O) groups is 1. The molecule has 2 aromatic heterocycles. The van der Waals surface area contributed by atoms with E-state index in [1.54, 1.807) is 18.3 Å². The largest absolute Gasteiger partial charge is 0.478 e. The molecule has 1 aliphatic carbocycles. The SMILES string of the molecule is CC1(C)CC2(CS2)CN1c1nc(-n2ccc(OCCC3(C(F)(F)F)CC3)n2)ccc1C(=O)O. The van der Waals surface area contributed by atoms with E-state index < -0.39 is 17.6 Å². The van der Waals surface area contributed by atoms with Crippen LogP contribution in [0.3, 0.4) is 0 Å². The molecule has 1 saturated carbocycles. The van der Waals surface area contributed by atoms with E-state index in [1.807, 2.05) is 11.8 Å². The van der Waals surface area contributed by atoms with Gasteiger partial charge in [-0.05, 0) is 51.7 Å². The normalized spacial score (nSPS) is 24.8. The van der Waals surface area contributed by atoms with Gasteiger partial charge in [0, 0.05) is 34.8 Å². The van der Waals surface area contributed by atoms with Gasteiger partial charge in [-0.25, -0.2) is 14.5 Å². The van der Waals surface area contributed by atoms with Crippen LogP contribution >= 0.6 is 11.8 Å². The van der Waals surface area contributed by atoms with E-state index in [0.29, 0.717) is 11.6 Å². The minimum Gasteiger partial charge on any atom is -0.478 e. The highest BCUT2D eigenvalue weighted by Crippen LogP contribution is 2.60. The minimum absolute atomic E-state index is 0.0745. The smallest absolute Gasteiger partial charge is 0.394 e. The number of alkyl halides is 3. The van der Waals surface area contributed by atoms with Gasteiger partial charge >= 0.3 is 12.1 Å². The lowest BCUT2D eigenvalue weighted by atomic mass is 9.97. The van der Waals surface area contributed by atoms with Crippen molar-refractivity contribution < 1.29 is 27.8 Å². The Kier molecular flexibility index (Phi) is 4.94. The van der Waals surface area contributed by atoms with E-state index in [0.717, 1.165) is 18.7 Å². The number of nitrogens with zero attached hydrogens (tertiary/aromatic N) is 4. The van der Waals surface area contributed by atoms with Gasteiger partial charge in [0.05, 0.1) is 12.0 Å². The molecule has 3 fully saturated rings. The molecule has 178 valence electrons. The standard InChI is InChI=1S/C22H25F3N4O3S/c1-19(2)11-21(13-33-21)12-28(19)17-14(18(30)31)3-4-15(26-17)29-9-5-16(27-29)32-10-8-20(6-7-20)22(23,24)25/h3-5,9H,6-8,10-13H2,1-2H3,(H,30,31). The Labute approximate surface area is 193 Å². The number of carboxylic acids is 1. The summed E-state index contributed by atoms with van der Waals surface area (Å²) < 4.78 is 46.3. The van der Waals surface area contributed by atoms with Crippen molar-refractivity contribution in [3.05, 3.63) is 30.0 Å². The Hall–Kier alpha value is -2.43. The number of anilines is 1. The van der Waals surface area contributed by atoms with Crippen LogP contribution in [0.25, 0.3) is 5.82 Å². The summed E-state index contributed by atoms with van der Waals surface area (Å²) >= 11 is 1.89. The molecule has 2 aromatic rings. The van der Waals surface area contributed by atoms with Crippen molar-refractivity contribution in [3.8, 4) is 11.7 Å². The van der Waals surface area contributed by atoms with Gasteiger partial charge in [-0.15, -0.1) is 5.10 Å². The number of rotatable bonds is 7. The van der Waals surface area contributed by atoms with Crippen LogP contribution < -0.4 is 9.64 Å². The van der Waals surface area contributed by atoms with Crippen LogP contribution in [0.5, 0.6) is 5.88 Å². The zero-order valence-corrected chi connectivity index (χ0v) is 19.2. The van der Waals surface area contributed by atoms with Gasteiger partial charge in [-0.3, -0.25) is 0 Å². The third-order valence-electron chi connectivity index (χ3n) is 6.92. The number of ether oxygens (including phenoxy) is 1. The molecule has 7 nitrogen and oxygen atoms in total.